The Morgan fingerprint density at radius 1 is 1.17 bits per heavy atom. The van der Waals surface area contributed by atoms with E-state index >= 15 is 0 Å². The molecule has 0 amide bonds. The molecular formula is C22H33IN4O2. The zero-order valence-corrected chi connectivity index (χ0v) is 19.6. The third kappa shape index (κ3) is 4.45. The van der Waals surface area contributed by atoms with Crippen molar-refractivity contribution in [1.82, 2.24) is 15.5 Å². The number of benzene rings is 1. The van der Waals surface area contributed by atoms with E-state index in [4.69, 9.17) is 9.47 Å². The molecule has 2 aliphatic heterocycles. The molecule has 0 bridgehead atoms. The van der Waals surface area contributed by atoms with Gasteiger partial charge in [0.15, 0.2) is 17.5 Å². The lowest BCUT2D eigenvalue weighted by atomic mass is 9.95. The molecule has 0 spiro atoms. The van der Waals surface area contributed by atoms with Crippen molar-refractivity contribution in [1.29, 1.82) is 0 Å². The maximum absolute atomic E-state index is 5.57. The summed E-state index contributed by atoms with van der Waals surface area (Å²) < 4.78 is 11.0. The van der Waals surface area contributed by atoms with E-state index in [0.717, 1.165) is 36.6 Å². The third-order valence-corrected chi connectivity index (χ3v) is 7.06. The van der Waals surface area contributed by atoms with Gasteiger partial charge in [0.25, 0.3) is 0 Å². The second kappa shape index (κ2) is 8.88. The minimum Gasteiger partial charge on any atom is -0.454 e. The van der Waals surface area contributed by atoms with Crippen LogP contribution in [0, 0.1) is 0 Å². The molecule has 6 nitrogen and oxygen atoms in total. The van der Waals surface area contributed by atoms with Gasteiger partial charge in [-0.05, 0) is 49.8 Å². The standard InChI is InChI=1S/C22H32N4O2.HI/c1-23-21(25-17-8-11-26(13-17)18-4-2-3-5-18)24-14-22(9-10-22)16-6-7-19-20(12-16)28-15-27-19;/h6-7,12,17-18H,2-5,8-11,13-15H2,1H3,(H2,23,24,25);1H. The van der Waals surface area contributed by atoms with Crippen LogP contribution in [-0.4, -0.2) is 56.4 Å². The number of guanidine groups is 1. The van der Waals surface area contributed by atoms with Gasteiger partial charge < -0.3 is 20.1 Å². The number of ether oxygens (including phenoxy) is 2. The van der Waals surface area contributed by atoms with Gasteiger partial charge in [0.2, 0.25) is 6.79 Å². The van der Waals surface area contributed by atoms with Gasteiger partial charge >= 0.3 is 0 Å². The number of nitrogens with one attached hydrogen (secondary N) is 2. The molecule has 1 aromatic carbocycles. The number of hydrogen-bond donors (Lipinski definition) is 2. The summed E-state index contributed by atoms with van der Waals surface area (Å²) in [6.45, 7) is 3.62. The van der Waals surface area contributed by atoms with Crippen molar-refractivity contribution in [3.8, 4) is 11.5 Å². The normalized spacial score (nSPS) is 25.7. The summed E-state index contributed by atoms with van der Waals surface area (Å²) in [5, 5.41) is 7.26. The number of aliphatic imine (C=N–C) groups is 1. The van der Waals surface area contributed by atoms with Crippen LogP contribution in [0.2, 0.25) is 0 Å². The number of likely N-dealkylation sites (tertiary alicyclic amines) is 1. The third-order valence-electron chi connectivity index (χ3n) is 7.06. The lowest BCUT2D eigenvalue weighted by Gasteiger charge is -2.24. The Morgan fingerprint density at radius 2 is 1.97 bits per heavy atom. The fourth-order valence-corrected chi connectivity index (χ4v) is 5.09. The van der Waals surface area contributed by atoms with E-state index < -0.39 is 0 Å². The fraction of sp³-hybridized carbons (Fsp3) is 0.682. The second-order valence-corrected chi connectivity index (χ2v) is 8.84. The van der Waals surface area contributed by atoms with Crippen LogP contribution in [0.1, 0.15) is 50.5 Å². The van der Waals surface area contributed by atoms with Gasteiger partial charge in [-0.15, -0.1) is 24.0 Å². The molecular weight excluding hydrogens is 479 g/mol. The molecule has 2 saturated carbocycles. The van der Waals surface area contributed by atoms with Crippen molar-refractivity contribution in [2.45, 2.75) is 62.4 Å². The molecule has 1 saturated heterocycles. The molecule has 1 unspecified atom stereocenters. The van der Waals surface area contributed by atoms with E-state index in [1.54, 1.807) is 0 Å². The van der Waals surface area contributed by atoms with Crippen LogP contribution in [0.25, 0.3) is 0 Å². The number of nitrogens with zero attached hydrogens (tertiary/aromatic N) is 2. The predicted molar refractivity (Wildman–Crippen MR) is 126 cm³/mol. The van der Waals surface area contributed by atoms with E-state index in [1.807, 2.05) is 13.1 Å². The van der Waals surface area contributed by atoms with Crippen LogP contribution in [-0.2, 0) is 5.41 Å². The zero-order valence-electron chi connectivity index (χ0n) is 17.3. The molecule has 4 aliphatic rings. The van der Waals surface area contributed by atoms with Crippen molar-refractivity contribution < 1.29 is 9.47 Å². The van der Waals surface area contributed by atoms with Crippen LogP contribution in [0.3, 0.4) is 0 Å². The first kappa shape index (κ1) is 21.0. The highest BCUT2D eigenvalue weighted by atomic mass is 127. The van der Waals surface area contributed by atoms with Gasteiger partial charge in [0.1, 0.15) is 0 Å². The van der Waals surface area contributed by atoms with Gasteiger partial charge in [-0.25, -0.2) is 0 Å². The maximum atomic E-state index is 5.57. The smallest absolute Gasteiger partial charge is 0.231 e. The number of rotatable bonds is 5. The molecule has 2 N–H and O–H groups in total. The summed E-state index contributed by atoms with van der Waals surface area (Å²) >= 11 is 0. The first-order valence-corrected chi connectivity index (χ1v) is 10.9. The molecule has 0 aromatic heterocycles. The Balaban J connectivity index is 0.00000205. The number of hydrogen-bond acceptors (Lipinski definition) is 4. The highest BCUT2D eigenvalue weighted by Crippen LogP contribution is 2.49. The van der Waals surface area contributed by atoms with Crippen molar-refractivity contribution in [3.05, 3.63) is 23.8 Å². The van der Waals surface area contributed by atoms with Crippen LogP contribution < -0.4 is 20.1 Å². The highest BCUT2D eigenvalue weighted by molar-refractivity contribution is 14.0. The van der Waals surface area contributed by atoms with E-state index in [1.165, 1.54) is 57.1 Å². The summed E-state index contributed by atoms with van der Waals surface area (Å²) in [5.41, 5.74) is 1.54. The van der Waals surface area contributed by atoms with E-state index in [9.17, 15) is 0 Å². The molecule has 160 valence electrons. The van der Waals surface area contributed by atoms with Gasteiger partial charge in [-0.1, -0.05) is 18.9 Å². The van der Waals surface area contributed by atoms with Gasteiger partial charge in [-0.3, -0.25) is 9.89 Å². The number of halogens is 1. The van der Waals surface area contributed by atoms with Crippen molar-refractivity contribution in [2.24, 2.45) is 4.99 Å². The lowest BCUT2D eigenvalue weighted by molar-refractivity contribution is 0.174. The topological polar surface area (TPSA) is 58.1 Å². The largest absolute Gasteiger partial charge is 0.454 e. The zero-order chi connectivity index (χ0) is 19.0. The monoisotopic (exact) mass is 512 g/mol. The van der Waals surface area contributed by atoms with Crippen molar-refractivity contribution in [2.75, 3.05) is 33.5 Å². The molecule has 5 rings (SSSR count). The molecule has 2 aliphatic carbocycles. The molecule has 1 atom stereocenters. The lowest BCUT2D eigenvalue weighted by Crippen LogP contribution is -2.47. The quantitative estimate of drug-likeness (QED) is 0.361. The predicted octanol–water partition coefficient (Wildman–Crippen LogP) is 3.25. The first-order chi connectivity index (χ1) is 13.8. The SMILES string of the molecule is CN=C(NCC1(c2ccc3c(c2)OCO3)CC1)NC1CCN(C2CCCC2)C1.I. The number of fused-ring (bicyclic) bond motifs is 1. The molecule has 1 aromatic rings. The van der Waals surface area contributed by atoms with Gasteiger partial charge in [-0.2, -0.15) is 0 Å². The Kier molecular flexibility index (Phi) is 6.44. The Morgan fingerprint density at radius 3 is 2.72 bits per heavy atom. The summed E-state index contributed by atoms with van der Waals surface area (Å²) in [6.07, 6.45) is 9.21. The molecule has 3 fully saturated rings. The van der Waals surface area contributed by atoms with E-state index in [-0.39, 0.29) is 29.4 Å². The van der Waals surface area contributed by atoms with E-state index in [0.29, 0.717) is 12.8 Å². The molecule has 2 heterocycles. The summed E-state index contributed by atoms with van der Waals surface area (Å²) in [6, 6.07) is 7.72. The average molecular weight is 512 g/mol. The Bertz CT molecular complexity index is 746. The van der Waals surface area contributed by atoms with E-state index in [2.05, 4.69) is 32.7 Å². The summed E-state index contributed by atoms with van der Waals surface area (Å²) in [5.74, 6) is 2.67. The Hall–Kier alpha value is -1.22. The average Bonchev–Trinajstić information content (AvgIpc) is 3.16. The first-order valence-electron chi connectivity index (χ1n) is 10.9. The molecule has 7 heteroatoms. The van der Waals surface area contributed by atoms with Crippen LogP contribution >= 0.6 is 24.0 Å². The summed E-state index contributed by atoms with van der Waals surface area (Å²) in [4.78, 5) is 7.18. The van der Waals surface area contributed by atoms with Crippen LogP contribution in [0.5, 0.6) is 11.5 Å². The minimum atomic E-state index is 0. The highest BCUT2D eigenvalue weighted by Gasteiger charge is 2.45. The van der Waals surface area contributed by atoms with Crippen molar-refractivity contribution in [3.63, 3.8) is 0 Å². The maximum Gasteiger partial charge on any atom is 0.231 e. The van der Waals surface area contributed by atoms with Gasteiger partial charge in [0.05, 0.1) is 0 Å². The minimum absolute atomic E-state index is 0. The van der Waals surface area contributed by atoms with Gasteiger partial charge in [0, 0.05) is 44.2 Å². The summed E-state index contributed by atoms with van der Waals surface area (Å²) in [7, 11) is 1.87. The molecule has 0 radical (unpaired) electrons. The Labute approximate surface area is 190 Å². The van der Waals surface area contributed by atoms with Crippen LogP contribution in [0.15, 0.2) is 23.2 Å². The fourth-order valence-electron chi connectivity index (χ4n) is 5.09. The molecule has 29 heavy (non-hydrogen) atoms. The van der Waals surface area contributed by atoms with Crippen LogP contribution in [0.4, 0.5) is 0 Å². The van der Waals surface area contributed by atoms with Crippen molar-refractivity contribution >= 4 is 29.9 Å². The second-order valence-electron chi connectivity index (χ2n) is 8.84.